The SMILES string of the molecule is [2H]c1c([2H])c([2H])c(N(c2cc(-c3cccc(-c4ccccc4)c3)cc(-c3cccc(-c4ccccc4)c3)c2F)c2ccc3ccc4c(N(c5cc(-c6cccc(-c7ccccc7)c6)cc(-c6cccc(-c7ccccc7)c6)c5F)c5c([2H])c([2H])c([2H])c([2H])c5[2H])ccc5ccc2c3c54)c([2H])c1[2H]. The van der Waals surface area contributed by atoms with Gasteiger partial charge >= 0.3 is 0 Å². The Bertz CT molecular complexity index is 5570. The molecular weight excluding hydrogens is 1120 g/mol. The first-order valence-electron chi connectivity index (χ1n) is 35.3. The minimum Gasteiger partial charge on any atom is -0.307 e. The van der Waals surface area contributed by atoms with Gasteiger partial charge in [-0.15, -0.1) is 0 Å². The molecule has 0 atom stereocenters. The van der Waals surface area contributed by atoms with Crippen LogP contribution < -0.4 is 9.80 Å². The summed E-state index contributed by atoms with van der Waals surface area (Å²) in [6.07, 6.45) is 0. The topological polar surface area (TPSA) is 6.48 Å². The third-order valence-corrected chi connectivity index (χ3v) is 17.3. The standard InChI is InChI=1S/C88H58F2N2/c89-87-79(71-37-21-33-67(53-71)61-27-11-3-12-28-61)55-73(69-35-19-31-65(51-69)59-23-7-1-8-24-59)57-83(87)91(75-39-15-5-16-40-75)81-49-45-63-44-48-78-82(50-46-64-43-47-77(81)85(63)86(64)78)92(76-41-17-6-18-42-76)84-58-74(70-36-20-32-66(52-70)60-25-9-2-10-26-60)56-80(88(84)90)72-38-22-34-68(54-72)62-29-13-4-14-30-62/h1-58H/i5D,6D,15D,16D,17D,18D,39D,40D,41D,42D. The second kappa shape index (κ2) is 23.8. The molecule has 0 saturated heterocycles. The van der Waals surface area contributed by atoms with Gasteiger partial charge in [0.25, 0.3) is 0 Å². The minimum atomic E-state index is -0.751. The van der Waals surface area contributed by atoms with Crippen LogP contribution in [-0.4, -0.2) is 0 Å². The van der Waals surface area contributed by atoms with Crippen molar-refractivity contribution in [3.05, 3.63) is 363 Å². The highest BCUT2D eigenvalue weighted by atomic mass is 19.1. The average Bonchev–Trinajstić information content (AvgIpc) is 0.706. The number of hydrogen-bond donors (Lipinski definition) is 0. The molecule has 0 aliphatic rings. The van der Waals surface area contributed by atoms with E-state index >= 15 is 8.78 Å². The van der Waals surface area contributed by atoms with E-state index in [2.05, 4.69) is 0 Å². The van der Waals surface area contributed by atoms with Gasteiger partial charge in [-0.2, -0.15) is 0 Å². The number of anilines is 6. The maximum Gasteiger partial charge on any atom is 0.155 e. The van der Waals surface area contributed by atoms with E-state index in [9.17, 15) is 11.0 Å². The van der Waals surface area contributed by atoms with Crippen LogP contribution in [0.2, 0.25) is 0 Å². The van der Waals surface area contributed by atoms with Gasteiger partial charge in [0.2, 0.25) is 0 Å². The van der Waals surface area contributed by atoms with Gasteiger partial charge in [0.15, 0.2) is 11.6 Å². The summed E-state index contributed by atoms with van der Waals surface area (Å²) in [7, 11) is 0. The Morgan fingerprint density at radius 1 is 0.228 bits per heavy atom. The fraction of sp³-hybridized carbons (Fsp3) is 0. The first-order chi connectivity index (χ1) is 49.6. The van der Waals surface area contributed by atoms with Crippen LogP contribution >= 0.6 is 0 Å². The molecule has 0 aliphatic carbocycles. The van der Waals surface area contributed by atoms with Crippen LogP contribution in [0.4, 0.5) is 42.9 Å². The highest BCUT2D eigenvalue weighted by Crippen LogP contribution is 2.51. The number of rotatable bonds is 14. The molecule has 0 aromatic heterocycles. The van der Waals surface area contributed by atoms with E-state index in [1.54, 1.807) is 36.4 Å². The van der Waals surface area contributed by atoms with E-state index in [1.165, 1.54) is 9.80 Å². The van der Waals surface area contributed by atoms with Gasteiger partial charge in [0, 0.05) is 33.3 Å². The molecule has 0 saturated carbocycles. The maximum atomic E-state index is 19.2. The zero-order valence-corrected chi connectivity index (χ0v) is 49.4. The average molecular weight is 1190 g/mol. The smallest absolute Gasteiger partial charge is 0.155 e. The maximum absolute atomic E-state index is 19.2. The van der Waals surface area contributed by atoms with Crippen LogP contribution in [-0.2, 0) is 0 Å². The molecule has 0 unspecified atom stereocenters. The number of benzene rings is 16. The van der Waals surface area contributed by atoms with Gasteiger partial charge in [-0.25, -0.2) is 8.78 Å². The summed E-state index contributed by atoms with van der Waals surface area (Å²) < 4.78 is 132. The molecule has 0 aliphatic heterocycles. The molecule has 92 heavy (non-hydrogen) atoms. The molecule has 4 heteroatoms. The molecule has 2 nitrogen and oxygen atoms in total. The third kappa shape index (κ3) is 10.3. The summed E-state index contributed by atoms with van der Waals surface area (Å²) >= 11 is 0. The van der Waals surface area contributed by atoms with Gasteiger partial charge in [0.1, 0.15) is 0 Å². The number of halogens is 2. The summed E-state index contributed by atoms with van der Waals surface area (Å²) in [5.41, 5.74) is 10.6. The third-order valence-electron chi connectivity index (χ3n) is 17.3. The highest BCUT2D eigenvalue weighted by Gasteiger charge is 2.28. The lowest BCUT2D eigenvalue weighted by molar-refractivity contribution is 0.632. The molecule has 16 aromatic rings. The Balaban J connectivity index is 0.975. The van der Waals surface area contributed by atoms with Gasteiger partial charge in [-0.3, -0.25) is 0 Å². The number of hydrogen-bond acceptors (Lipinski definition) is 2. The number of para-hydroxylation sites is 2. The highest BCUT2D eigenvalue weighted by molar-refractivity contribution is 6.28. The molecule has 0 heterocycles. The lowest BCUT2D eigenvalue weighted by Gasteiger charge is -2.30. The van der Waals surface area contributed by atoms with Crippen LogP contribution in [0.3, 0.4) is 0 Å². The van der Waals surface area contributed by atoms with Gasteiger partial charge < -0.3 is 9.80 Å². The van der Waals surface area contributed by atoms with Gasteiger partial charge in [-0.1, -0.05) is 267 Å². The van der Waals surface area contributed by atoms with Crippen LogP contribution in [0, 0.1) is 11.6 Å². The summed E-state index contributed by atoms with van der Waals surface area (Å²) in [6.45, 7) is 0. The predicted molar refractivity (Wildman–Crippen MR) is 383 cm³/mol. The summed E-state index contributed by atoms with van der Waals surface area (Å²) in [6, 6.07) is 85.4. The second-order valence-electron chi connectivity index (χ2n) is 22.7. The Morgan fingerprint density at radius 3 is 0.848 bits per heavy atom. The lowest BCUT2D eigenvalue weighted by atomic mass is 9.90. The molecule has 0 radical (unpaired) electrons. The van der Waals surface area contributed by atoms with Crippen LogP contribution in [0.15, 0.2) is 352 Å². The predicted octanol–water partition coefficient (Wildman–Crippen LogP) is 25.1. The fourth-order valence-electron chi connectivity index (χ4n) is 12.9. The molecule has 0 bridgehead atoms. The van der Waals surface area contributed by atoms with Crippen molar-refractivity contribution in [2.24, 2.45) is 0 Å². The summed E-state index contributed by atoms with van der Waals surface area (Å²) in [5.74, 6) is -1.50. The second-order valence-corrected chi connectivity index (χ2v) is 22.7. The molecule has 16 aromatic carbocycles. The van der Waals surface area contributed by atoms with E-state index < -0.39 is 72.1 Å². The normalized spacial score (nSPS) is 12.9. The van der Waals surface area contributed by atoms with Crippen LogP contribution in [0.5, 0.6) is 0 Å². The fourth-order valence-corrected chi connectivity index (χ4v) is 12.9. The van der Waals surface area contributed by atoms with Crippen molar-refractivity contribution in [3.63, 3.8) is 0 Å². The van der Waals surface area contributed by atoms with Crippen molar-refractivity contribution in [3.8, 4) is 89.0 Å². The summed E-state index contributed by atoms with van der Waals surface area (Å²) in [4.78, 5) is 2.86. The first-order valence-corrected chi connectivity index (χ1v) is 30.3. The quantitative estimate of drug-likeness (QED) is 0.100. The van der Waals surface area contributed by atoms with Crippen LogP contribution in [0.1, 0.15) is 13.7 Å². The summed E-state index contributed by atoms with van der Waals surface area (Å²) in [5, 5.41) is 3.43. The minimum absolute atomic E-state index is 0.130. The van der Waals surface area contributed by atoms with Crippen molar-refractivity contribution in [2.75, 3.05) is 9.80 Å². The largest absolute Gasteiger partial charge is 0.307 e. The molecule has 16 rings (SSSR count). The van der Waals surface area contributed by atoms with Gasteiger partial charge in [-0.05, 0) is 184 Å². The zero-order valence-electron chi connectivity index (χ0n) is 59.4. The molecule has 0 N–H and O–H groups in total. The zero-order chi connectivity index (χ0) is 70.2. The van der Waals surface area contributed by atoms with Crippen molar-refractivity contribution >= 4 is 66.4 Å². The Hall–Kier alpha value is -12.0. The number of nitrogens with zero attached hydrogens (tertiary/aromatic N) is 2. The van der Waals surface area contributed by atoms with Crippen LogP contribution in [0.25, 0.3) is 121 Å². The molecule has 0 spiro atoms. The molecule has 0 amide bonds. The van der Waals surface area contributed by atoms with Crippen molar-refractivity contribution in [1.29, 1.82) is 0 Å². The Labute approximate surface area is 548 Å². The molecule has 434 valence electrons. The van der Waals surface area contributed by atoms with Crippen molar-refractivity contribution in [1.82, 2.24) is 0 Å². The van der Waals surface area contributed by atoms with Crippen molar-refractivity contribution in [2.45, 2.75) is 0 Å². The Morgan fingerprint density at radius 2 is 0.511 bits per heavy atom. The van der Waals surface area contributed by atoms with Crippen molar-refractivity contribution < 1.29 is 22.5 Å². The van der Waals surface area contributed by atoms with E-state index in [-0.39, 0.29) is 45.3 Å². The van der Waals surface area contributed by atoms with E-state index in [0.29, 0.717) is 65.7 Å². The Kier molecular flexibility index (Phi) is 11.7. The first kappa shape index (κ1) is 45.3. The van der Waals surface area contributed by atoms with E-state index in [4.69, 9.17) is 2.74 Å². The van der Waals surface area contributed by atoms with E-state index in [1.807, 2.05) is 255 Å². The van der Waals surface area contributed by atoms with E-state index in [0.717, 1.165) is 44.5 Å². The monoisotopic (exact) mass is 1190 g/mol. The molecular formula is C88H58F2N2. The lowest BCUT2D eigenvalue weighted by Crippen LogP contribution is -2.14. The van der Waals surface area contributed by atoms with Gasteiger partial charge in [0.05, 0.1) is 36.5 Å². The molecule has 0 fully saturated rings.